The monoisotopic (exact) mass is 542 g/mol. The zero-order valence-corrected chi connectivity index (χ0v) is 24.7. The predicted octanol–water partition coefficient (Wildman–Crippen LogP) is 6.37. The fourth-order valence-corrected chi connectivity index (χ4v) is 5.54. The van der Waals surface area contributed by atoms with Crippen molar-refractivity contribution in [2.45, 2.75) is 73.1 Å². The van der Waals surface area contributed by atoms with Crippen LogP contribution in [-0.4, -0.2) is 38.1 Å². The second-order valence-corrected chi connectivity index (χ2v) is 11.7. The van der Waals surface area contributed by atoms with Crippen LogP contribution in [-0.2, 0) is 7.05 Å². The summed E-state index contributed by atoms with van der Waals surface area (Å²) in [6.45, 7) is 11.2. The lowest BCUT2D eigenvalue weighted by Gasteiger charge is -2.27. The average Bonchev–Trinajstić information content (AvgIpc) is 3.50. The molecule has 0 aliphatic heterocycles. The lowest BCUT2D eigenvalue weighted by atomic mass is 9.80. The molecule has 0 spiro atoms. The number of hydrogen-bond acceptors (Lipinski definition) is 5. The van der Waals surface area contributed by atoms with Crippen molar-refractivity contribution in [2.75, 3.05) is 11.9 Å². The lowest BCUT2D eigenvalue weighted by molar-refractivity contribution is 0.0946. The van der Waals surface area contributed by atoms with Gasteiger partial charge in [-0.3, -0.25) is 24.2 Å². The van der Waals surface area contributed by atoms with E-state index in [0.29, 0.717) is 40.4 Å². The molecule has 3 aromatic heterocycles. The summed E-state index contributed by atoms with van der Waals surface area (Å²) in [7, 11) is 1.90. The molecule has 8 heteroatoms. The van der Waals surface area contributed by atoms with Gasteiger partial charge in [0.15, 0.2) is 0 Å². The van der Waals surface area contributed by atoms with E-state index in [-0.39, 0.29) is 11.8 Å². The Labute approximate surface area is 237 Å². The number of allylic oxidation sites excluding steroid dienone is 1. The van der Waals surface area contributed by atoms with Gasteiger partial charge in [-0.15, -0.1) is 0 Å². The number of rotatable bonds is 10. The minimum absolute atomic E-state index is 0.179. The van der Waals surface area contributed by atoms with E-state index in [1.807, 2.05) is 39.4 Å². The molecule has 0 saturated heterocycles. The van der Waals surface area contributed by atoms with E-state index in [9.17, 15) is 9.59 Å². The molecule has 3 heterocycles. The predicted molar refractivity (Wildman–Crippen MR) is 160 cm³/mol. The zero-order valence-electron chi connectivity index (χ0n) is 24.7. The van der Waals surface area contributed by atoms with Crippen LogP contribution < -0.4 is 10.6 Å². The molecule has 1 atom stereocenters. The van der Waals surface area contributed by atoms with Gasteiger partial charge in [-0.2, -0.15) is 5.10 Å². The standard InChI is InChI=1S/C32H42N6O2/c1-7-9-23(27-19-36-38(6)20-27)14-24-15-25(17-34-21(24)2)31(40)37-29-16-26(18-35-22(29)3)30(39)33-13-11-28-10-8-12-32(28,4)5/h14-20,28H,7-13H2,1-6H3,(H,33,39)(H,37,40)/b23-14+. The first-order valence-corrected chi connectivity index (χ1v) is 14.3. The quantitative estimate of drug-likeness (QED) is 0.310. The summed E-state index contributed by atoms with van der Waals surface area (Å²) in [4.78, 5) is 35.0. The molecule has 1 aliphatic carbocycles. The molecular formula is C32H42N6O2. The Morgan fingerprint density at radius 3 is 2.42 bits per heavy atom. The number of aryl methyl sites for hydroxylation is 3. The van der Waals surface area contributed by atoms with Gasteiger partial charge in [0.05, 0.1) is 28.7 Å². The highest BCUT2D eigenvalue weighted by Gasteiger charge is 2.33. The Balaban J connectivity index is 1.46. The first kappa shape index (κ1) is 29.2. The highest BCUT2D eigenvalue weighted by Crippen LogP contribution is 2.44. The number of hydrogen-bond donors (Lipinski definition) is 2. The number of anilines is 1. The molecule has 2 amide bonds. The summed E-state index contributed by atoms with van der Waals surface area (Å²) < 4.78 is 1.79. The Morgan fingerprint density at radius 2 is 1.77 bits per heavy atom. The molecule has 3 aromatic rings. The van der Waals surface area contributed by atoms with E-state index in [0.717, 1.165) is 41.7 Å². The topological polar surface area (TPSA) is 102 Å². The third kappa shape index (κ3) is 7.03. The van der Waals surface area contributed by atoms with Crippen molar-refractivity contribution in [3.63, 3.8) is 0 Å². The van der Waals surface area contributed by atoms with Gasteiger partial charge in [-0.25, -0.2) is 0 Å². The van der Waals surface area contributed by atoms with Gasteiger partial charge >= 0.3 is 0 Å². The van der Waals surface area contributed by atoms with Crippen LogP contribution in [0.1, 0.15) is 103 Å². The Morgan fingerprint density at radius 1 is 1.05 bits per heavy atom. The Hall–Kier alpha value is -3.81. The van der Waals surface area contributed by atoms with Crippen LogP contribution in [0.3, 0.4) is 0 Å². The number of carbonyl (C=O) groups excluding carboxylic acids is 2. The van der Waals surface area contributed by atoms with E-state index in [1.54, 1.807) is 23.1 Å². The van der Waals surface area contributed by atoms with Crippen molar-refractivity contribution in [1.82, 2.24) is 25.1 Å². The maximum absolute atomic E-state index is 13.3. The maximum atomic E-state index is 13.3. The van der Waals surface area contributed by atoms with Crippen molar-refractivity contribution >= 4 is 29.2 Å². The lowest BCUT2D eigenvalue weighted by Crippen LogP contribution is -2.28. The van der Waals surface area contributed by atoms with Crippen LogP contribution in [0.25, 0.3) is 11.6 Å². The first-order valence-electron chi connectivity index (χ1n) is 14.3. The summed E-state index contributed by atoms with van der Waals surface area (Å²) in [5.74, 6) is 0.151. The van der Waals surface area contributed by atoms with Crippen molar-refractivity contribution in [3.8, 4) is 0 Å². The average molecular weight is 543 g/mol. The smallest absolute Gasteiger partial charge is 0.257 e. The van der Waals surface area contributed by atoms with E-state index >= 15 is 0 Å². The zero-order chi connectivity index (χ0) is 28.9. The number of nitrogens with zero attached hydrogens (tertiary/aromatic N) is 4. The van der Waals surface area contributed by atoms with Crippen LogP contribution in [0.5, 0.6) is 0 Å². The van der Waals surface area contributed by atoms with Crippen LogP contribution in [0.15, 0.2) is 36.9 Å². The molecule has 2 N–H and O–H groups in total. The summed E-state index contributed by atoms with van der Waals surface area (Å²) in [5, 5.41) is 10.3. The van der Waals surface area contributed by atoms with Crippen LogP contribution in [0, 0.1) is 25.2 Å². The fourth-order valence-electron chi connectivity index (χ4n) is 5.54. The summed E-state index contributed by atoms with van der Waals surface area (Å²) >= 11 is 0. The van der Waals surface area contributed by atoms with Gasteiger partial charge in [0.25, 0.3) is 11.8 Å². The highest BCUT2D eigenvalue weighted by atomic mass is 16.2. The van der Waals surface area contributed by atoms with Crippen LogP contribution >= 0.6 is 0 Å². The number of pyridine rings is 2. The van der Waals surface area contributed by atoms with Crippen molar-refractivity contribution in [2.24, 2.45) is 18.4 Å². The molecule has 1 unspecified atom stereocenters. The molecule has 8 nitrogen and oxygen atoms in total. The normalized spacial score (nSPS) is 16.6. The third-order valence-electron chi connectivity index (χ3n) is 8.17. The summed E-state index contributed by atoms with van der Waals surface area (Å²) in [5.41, 5.74) is 6.28. The minimum atomic E-state index is -0.300. The molecular weight excluding hydrogens is 500 g/mol. The molecule has 0 bridgehead atoms. The van der Waals surface area contributed by atoms with Gasteiger partial charge in [0.2, 0.25) is 0 Å². The van der Waals surface area contributed by atoms with E-state index in [2.05, 4.69) is 52.5 Å². The van der Waals surface area contributed by atoms with Gasteiger partial charge < -0.3 is 10.6 Å². The van der Waals surface area contributed by atoms with E-state index in [1.165, 1.54) is 19.3 Å². The molecule has 4 rings (SSSR count). The largest absolute Gasteiger partial charge is 0.352 e. The first-order chi connectivity index (χ1) is 19.1. The molecule has 1 fully saturated rings. The van der Waals surface area contributed by atoms with Crippen molar-refractivity contribution in [1.29, 1.82) is 0 Å². The number of nitrogens with one attached hydrogen (secondary N) is 2. The van der Waals surface area contributed by atoms with Gasteiger partial charge in [-0.1, -0.05) is 33.6 Å². The summed E-state index contributed by atoms with van der Waals surface area (Å²) in [6, 6.07) is 3.55. The minimum Gasteiger partial charge on any atom is -0.352 e. The van der Waals surface area contributed by atoms with Crippen LogP contribution in [0.4, 0.5) is 5.69 Å². The van der Waals surface area contributed by atoms with Gasteiger partial charge in [0, 0.05) is 43.4 Å². The third-order valence-corrected chi connectivity index (χ3v) is 8.17. The van der Waals surface area contributed by atoms with Gasteiger partial charge in [-0.05, 0) is 80.2 Å². The van der Waals surface area contributed by atoms with E-state index in [4.69, 9.17) is 0 Å². The number of amides is 2. The molecule has 212 valence electrons. The maximum Gasteiger partial charge on any atom is 0.257 e. The second kappa shape index (κ2) is 12.6. The van der Waals surface area contributed by atoms with Crippen LogP contribution in [0.2, 0.25) is 0 Å². The highest BCUT2D eigenvalue weighted by molar-refractivity contribution is 6.05. The molecule has 1 saturated carbocycles. The van der Waals surface area contributed by atoms with Gasteiger partial charge in [0.1, 0.15) is 0 Å². The number of carbonyl (C=O) groups is 2. The molecule has 1 aliphatic rings. The van der Waals surface area contributed by atoms with E-state index < -0.39 is 0 Å². The fraction of sp³-hybridized carbons (Fsp3) is 0.469. The van der Waals surface area contributed by atoms with Crippen molar-refractivity contribution < 1.29 is 9.59 Å². The SMILES string of the molecule is CCC/C(=C\c1cc(C(=O)Nc2cc(C(=O)NCCC3CCCC3(C)C)cnc2C)cnc1C)c1cnn(C)c1. The van der Waals surface area contributed by atoms with Crippen molar-refractivity contribution in [3.05, 3.63) is 70.6 Å². The molecule has 40 heavy (non-hydrogen) atoms. The number of aromatic nitrogens is 4. The summed E-state index contributed by atoms with van der Waals surface area (Å²) in [6.07, 6.45) is 15.7. The Bertz CT molecular complexity index is 1400. The second-order valence-electron chi connectivity index (χ2n) is 11.7. The molecule has 0 aromatic carbocycles. The molecule has 0 radical (unpaired) electrons. The Kier molecular flexibility index (Phi) is 9.17.